The Bertz CT molecular complexity index is 1500. The molecule has 1 heterocycles. The van der Waals surface area contributed by atoms with E-state index in [2.05, 4.69) is 31.9 Å². The van der Waals surface area contributed by atoms with Crippen molar-refractivity contribution in [1.29, 1.82) is 0 Å². The number of carbonyl (C=O) groups excluding carboxylic acids is 2. The molecule has 0 aromatic heterocycles. The molecule has 0 radical (unpaired) electrons. The highest BCUT2D eigenvalue weighted by molar-refractivity contribution is 9.11. The molecule has 1 saturated heterocycles. The lowest BCUT2D eigenvalue weighted by atomic mass is 10.1. The minimum absolute atomic E-state index is 0.234. The molecule has 4 aromatic rings. The lowest BCUT2D eigenvalue weighted by Crippen LogP contribution is -2.27. The maximum Gasteiger partial charge on any atom is 0.293 e. The topological polar surface area (TPSA) is 46.6 Å². The van der Waals surface area contributed by atoms with Gasteiger partial charge in [-0.05, 0) is 107 Å². The molecule has 0 unspecified atom stereocenters. The first kappa shape index (κ1) is 25.1. The van der Waals surface area contributed by atoms with Crippen LogP contribution in [0.1, 0.15) is 16.7 Å². The van der Waals surface area contributed by atoms with Crippen LogP contribution in [-0.4, -0.2) is 16.0 Å². The van der Waals surface area contributed by atoms with Crippen LogP contribution in [0.3, 0.4) is 0 Å². The zero-order chi connectivity index (χ0) is 25.2. The smallest absolute Gasteiger partial charge is 0.293 e. The maximum absolute atomic E-state index is 13.1. The molecule has 0 N–H and O–H groups in total. The predicted molar refractivity (Wildman–Crippen MR) is 153 cm³/mol. The summed E-state index contributed by atoms with van der Waals surface area (Å²) < 4.78 is 7.44. The summed E-state index contributed by atoms with van der Waals surface area (Å²) in [7, 11) is 0. The van der Waals surface area contributed by atoms with E-state index in [0.717, 1.165) is 48.2 Å². The van der Waals surface area contributed by atoms with Gasteiger partial charge in [0.15, 0.2) is 0 Å². The van der Waals surface area contributed by atoms with Crippen LogP contribution in [0, 0.1) is 0 Å². The highest BCUT2D eigenvalue weighted by Crippen LogP contribution is 2.38. The van der Waals surface area contributed by atoms with E-state index in [9.17, 15) is 9.59 Å². The third-order valence-electron chi connectivity index (χ3n) is 5.64. The SMILES string of the molecule is O=C1S/C(=C\c2cc(Br)c(OCc3ccc(Cl)cc3)c(Br)c2)C(=O)N1Cc1ccc2ccccc2c1. The Balaban J connectivity index is 1.31. The average molecular weight is 644 g/mol. The molecule has 4 aromatic carbocycles. The molecule has 0 spiro atoms. The third-order valence-corrected chi connectivity index (χ3v) is 7.98. The Hall–Kier alpha value is -2.58. The molecule has 0 aliphatic carbocycles. The maximum atomic E-state index is 13.1. The first-order valence-corrected chi connectivity index (χ1v) is 13.7. The van der Waals surface area contributed by atoms with Crippen molar-refractivity contribution in [1.82, 2.24) is 4.90 Å². The van der Waals surface area contributed by atoms with Crippen molar-refractivity contribution in [2.75, 3.05) is 0 Å². The van der Waals surface area contributed by atoms with Crippen molar-refractivity contribution in [3.63, 3.8) is 0 Å². The number of benzene rings is 4. The molecule has 1 fully saturated rings. The summed E-state index contributed by atoms with van der Waals surface area (Å²) in [6, 6.07) is 25.2. The highest BCUT2D eigenvalue weighted by atomic mass is 79.9. The van der Waals surface area contributed by atoms with E-state index >= 15 is 0 Å². The first-order valence-electron chi connectivity index (χ1n) is 11.0. The van der Waals surface area contributed by atoms with Crippen LogP contribution >= 0.6 is 55.2 Å². The number of nitrogens with zero attached hydrogens (tertiary/aromatic N) is 1. The van der Waals surface area contributed by atoms with Gasteiger partial charge < -0.3 is 4.74 Å². The number of hydrogen-bond donors (Lipinski definition) is 0. The van der Waals surface area contributed by atoms with Gasteiger partial charge in [-0.1, -0.05) is 60.1 Å². The average Bonchev–Trinajstić information content (AvgIpc) is 3.12. The molecule has 1 aliphatic rings. The van der Waals surface area contributed by atoms with Crippen molar-refractivity contribution < 1.29 is 14.3 Å². The number of rotatable bonds is 6. The molecular formula is C28H18Br2ClNO3S. The molecule has 8 heteroatoms. The van der Waals surface area contributed by atoms with Crippen LogP contribution in [0.2, 0.25) is 5.02 Å². The molecular weight excluding hydrogens is 626 g/mol. The van der Waals surface area contributed by atoms with Gasteiger partial charge in [0.1, 0.15) is 12.4 Å². The molecule has 5 rings (SSSR count). The highest BCUT2D eigenvalue weighted by Gasteiger charge is 2.35. The second-order valence-corrected chi connectivity index (χ2v) is 11.3. The lowest BCUT2D eigenvalue weighted by Gasteiger charge is -2.13. The van der Waals surface area contributed by atoms with Crippen LogP contribution in [0.5, 0.6) is 5.75 Å². The zero-order valence-corrected chi connectivity index (χ0v) is 23.5. The van der Waals surface area contributed by atoms with Crippen molar-refractivity contribution >= 4 is 83.2 Å². The monoisotopic (exact) mass is 641 g/mol. The standard InChI is InChI=1S/C28H18Br2ClNO3S/c29-23-12-19(13-24(30)26(23)35-16-17-6-9-22(31)10-7-17)14-25-27(33)32(28(34)36-25)15-18-5-8-20-3-1-2-4-21(20)11-18/h1-14H,15-16H2/b25-14-. The number of carbonyl (C=O) groups is 2. The summed E-state index contributed by atoms with van der Waals surface area (Å²) in [5, 5.41) is 2.59. The Morgan fingerprint density at radius 1 is 0.861 bits per heavy atom. The van der Waals surface area contributed by atoms with Gasteiger partial charge in [-0.2, -0.15) is 0 Å². The van der Waals surface area contributed by atoms with Crippen LogP contribution in [0.15, 0.2) is 92.7 Å². The van der Waals surface area contributed by atoms with E-state index in [0.29, 0.717) is 22.3 Å². The Kier molecular flexibility index (Phi) is 7.53. The number of ether oxygens (including phenoxy) is 1. The molecule has 0 bridgehead atoms. The summed E-state index contributed by atoms with van der Waals surface area (Å²) in [5.41, 5.74) is 2.66. The molecule has 4 nitrogen and oxygen atoms in total. The van der Waals surface area contributed by atoms with Crippen molar-refractivity contribution in [2.45, 2.75) is 13.2 Å². The number of hydrogen-bond acceptors (Lipinski definition) is 4. The lowest BCUT2D eigenvalue weighted by molar-refractivity contribution is -0.123. The second-order valence-electron chi connectivity index (χ2n) is 8.18. The predicted octanol–water partition coefficient (Wildman–Crippen LogP) is 8.83. The summed E-state index contributed by atoms with van der Waals surface area (Å²) in [5.74, 6) is 0.347. The van der Waals surface area contributed by atoms with Crippen LogP contribution in [-0.2, 0) is 17.9 Å². The van der Waals surface area contributed by atoms with Crippen molar-refractivity contribution in [2.24, 2.45) is 0 Å². The minimum atomic E-state index is -0.298. The fourth-order valence-electron chi connectivity index (χ4n) is 3.84. The fraction of sp³-hybridized carbons (Fsp3) is 0.0714. The number of halogens is 3. The third kappa shape index (κ3) is 5.54. The number of thioether (sulfide) groups is 1. The van der Waals surface area contributed by atoms with Gasteiger partial charge in [0.25, 0.3) is 11.1 Å². The van der Waals surface area contributed by atoms with E-state index in [-0.39, 0.29) is 17.7 Å². The minimum Gasteiger partial charge on any atom is -0.487 e. The molecule has 2 amide bonds. The summed E-state index contributed by atoms with van der Waals surface area (Å²) in [6.07, 6.45) is 1.73. The largest absolute Gasteiger partial charge is 0.487 e. The molecule has 180 valence electrons. The van der Waals surface area contributed by atoms with E-state index in [1.54, 1.807) is 6.08 Å². The quantitative estimate of drug-likeness (QED) is 0.197. The van der Waals surface area contributed by atoms with Gasteiger partial charge in [-0.15, -0.1) is 0 Å². The van der Waals surface area contributed by atoms with E-state index < -0.39 is 0 Å². The van der Waals surface area contributed by atoms with Crippen LogP contribution in [0.4, 0.5) is 4.79 Å². The number of amides is 2. The summed E-state index contributed by atoms with van der Waals surface area (Å²) in [4.78, 5) is 27.4. The van der Waals surface area contributed by atoms with Gasteiger partial charge in [0, 0.05) is 5.02 Å². The molecule has 1 aliphatic heterocycles. The van der Waals surface area contributed by atoms with Crippen molar-refractivity contribution in [3.05, 3.63) is 114 Å². The van der Waals surface area contributed by atoms with E-state index in [1.807, 2.05) is 78.9 Å². The molecule has 0 atom stereocenters. The normalized spacial score (nSPS) is 14.8. The Labute approximate surface area is 234 Å². The van der Waals surface area contributed by atoms with Gasteiger partial charge in [-0.3, -0.25) is 14.5 Å². The van der Waals surface area contributed by atoms with Gasteiger partial charge in [-0.25, -0.2) is 0 Å². The van der Waals surface area contributed by atoms with Gasteiger partial charge in [0.05, 0.1) is 20.4 Å². The molecule has 36 heavy (non-hydrogen) atoms. The number of fused-ring (bicyclic) bond motifs is 1. The van der Waals surface area contributed by atoms with Gasteiger partial charge >= 0.3 is 0 Å². The Morgan fingerprint density at radius 2 is 1.53 bits per heavy atom. The van der Waals surface area contributed by atoms with E-state index in [1.165, 1.54) is 4.90 Å². The zero-order valence-electron chi connectivity index (χ0n) is 18.7. The fourth-order valence-corrected chi connectivity index (χ4v) is 6.26. The van der Waals surface area contributed by atoms with Crippen LogP contribution < -0.4 is 4.74 Å². The summed E-state index contributed by atoms with van der Waals surface area (Å²) >= 11 is 14.0. The second kappa shape index (κ2) is 10.8. The summed E-state index contributed by atoms with van der Waals surface area (Å²) in [6.45, 7) is 0.610. The first-order chi connectivity index (χ1) is 17.4. The van der Waals surface area contributed by atoms with E-state index in [4.69, 9.17) is 16.3 Å². The van der Waals surface area contributed by atoms with Crippen molar-refractivity contribution in [3.8, 4) is 5.75 Å². The van der Waals surface area contributed by atoms with Crippen LogP contribution in [0.25, 0.3) is 16.8 Å². The Morgan fingerprint density at radius 3 is 2.25 bits per heavy atom. The number of imide groups is 1. The molecule has 0 saturated carbocycles. The van der Waals surface area contributed by atoms with Gasteiger partial charge in [0.2, 0.25) is 0 Å².